The molecule has 0 bridgehead atoms. The minimum absolute atomic E-state index is 0.0604. The molecule has 0 aliphatic rings. The van der Waals surface area contributed by atoms with Crippen molar-refractivity contribution in [1.82, 2.24) is 0 Å². The summed E-state index contributed by atoms with van der Waals surface area (Å²) in [4.78, 5) is 23.6. The molecule has 26 heavy (non-hydrogen) atoms. The quantitative estimate of drug-likeness (QED) is 0.407. The average molecular weight is 362 g/mol. The molecule has 0 saturated carbocycles. The van der Waals surface area contributed by atoms with Gasteiger partial charge in [0.2, 0.25) is 0 Å². The summed E-state index contributed by atoms with van der Waals surface area (Å²) >= 11 is 0. The molecule has 0 atom stereocenters. The molecule has 0 saturated heterocycles. The first-order valence-electron chi connectivity index (χ1n) is 7.55. The first kappa shape index (κ1) is 19.1. The van der Waals surface area contributed by atoms with Gasteiger partial charge in [-0.2, -0.15) is 8.78 Å². The average Bonchev–Trinajstić information content (AvgIpc) is 2.64. The molecule has 2 aromatic rings. The number of carbonyl (C=O) groups is 2. The number of methoxy groups -OCH3 is 1. The number of carbonyl (C=O) groups excluding carboxylic acids is 2. The summed E-state index contributed by atoms with van der Waals surface area (Å²) in [6.45, 7) is -3.40. The Kier molecular flexibility index (Phi) is 6.84. The minimum Gasteiger partial charge on any atom is -0.497 e. The van der Waals surface area contributed by atoms with Crippen LogP contribution in [-0.4, -0.2) is 32.1 Å². The second kappa shape index (κ2) is 9.31. The van der Waals surface area contributed by atoms with Crippen molar-refractivity contribution in [3.8, 4) is 11.5 Å². The van der Waals surface area contributed by atoms with Crippen molar-refractivity contribution in [1.29, 1.82) is 0 Å². The molecule has 0 fully saturated rings. The molecule has 0 N–H and O–H groups in total. The Morgan fingerprint density at radius 2 is 1.81 bits per heavy atom. The lowest BCUT2D eigenvalue weighted by Gasteiger charge is -2.05. The number of alkyl halides is 2. The van der Waals surface area contributed by atoms with Gasteiger partial charge in [-0.15, -0.1) is 0 Å². The fourth-order valence-corrected chi connectivity index (χ4v) is 2.00. The summed E-state index contributed by atoms with van der Waals surface area (Å²) in [7, 11) is 1.54. The third-order valence-corrected chi connectivity index (χ3v) is 3.25. The summed E-state index contributed by atoms with van der Waals surface area (Å²) < 4.78 is 38.3. The van der Waals surface area contributed by atoms with E-state index in [2.05, 4.69) is 4.74 Å². The summed E-state index contributed by atoms with van der Waals surface area (Å²) in [5.41, 5.74) is 0.957. The van der Waals surface area contributed by atoms with Crippen molar-refractivity contribution in [2.24, 2.45) is 0 Å². The van der Waals surface area contributed by atoms with Crippen molar-refractivity contribution < 1.29 is 32.6 Å². The third-order valence-electron chi connectivity index (χ3n) is 3.25. The minimum atomic E-state index is -2.94. The van der Waals surface area contributed by atoms with Crippen molar-refractivity contribution in [2.75, 3.05) is 13.7 Å². The smallest absolute Gasteiger partial charge is 0.387 e. The van der Waals surface area contributed by atoms with Crippen LogP contribution in [0, 0.1) is 0 Å². The number of halogens is 2. The van der Waals surface area contributed by atoms with Gasteiger partial charge in [-0.3, -0.25) is 4.79 Å². The van der Waals surface area contributed by atoms with Crippen molar-refractivity contribution in [3.05, 3.63) is 65.7 Å². The van der Waals surface area contributed by atoms with Gasteiger partial charge in [-0.1, -0.05) is 12.1 Å². The molecular weight excluding hydrogens is 346 g/mol. The van der Waals surface area contributed by atoms with Gasteiger partial charge in [0.25, 0.3) is 0 Å². The number of Topliss-reactive ketones (excluding diaryl/α,β-unsaturated/α-hetero) is 1. The van der Waals surface area contributed by atoms with Gasteiger partial charge in [-0.25, -0.2) is 4.79 Å². The Morgan fingerprint density at radius 3 is 2.46 bits per heavy atom. The standard InChI is InChI=1S/C19H16F2O5/c1-24-16-4-2-3-13(11-16)5-10-18(23)25-12-17(22)14-6-8-15(9-7-14)26-19(20)21/h2-11,19H,12H2,1H3/b10-5+. The summed E-state index contributed by atoms with van der Waals surface area (Å²) in [6.07, 6.45) is 2.73. The van der Waals surface area contributed by atoms with E-state index in [1.807, 2.05) is 0 Å². The summed E-state index contributed by atoms with van der Waals surface area (Å²) in [5.74, 6) is -0.555. The summed E-state index contributed by atoms with van der Waals surface area (Å²) in [5, 5.41) is 0. The maximum atomic E-state index is 12.1. The normalized spacial score (nSPS) is 10.8. The number of ether oxygens (including phenoxy) is 3. The highest BCUT2D eigenvalue weighted by molar-refractivity contribution is 5.99. The van der Waals surface area contributed by atoms with Gasteiger partial charge in [0.15, 0.2) is 12.4 Å². The second-order valence-corrected chi connectivity index (χ2v) is 5.04. The molecular formula is C19H16F2O5. The first-order valence-corrected chi connectivity index (χ1v) is 7.55. The molecule has 2 rings (SSSR count). The lowest BCUT2D eigenvalue weighted by molar-refractivity contribution is -0.136. The fraction of sp³-hybridized carbons (Fsp3) is 0.158. The van der Waals surface area contributed by atoms with Crippen LogP contribution in [0.5, 0.6) is 11.5 Å². The van der Waals surface area contributed by atoms with E-state index in [0.717, 1.165) is 5.56 Å². The largest absolute Gasteiger partial charge is 0.497 e. The Bertz CT molecular complexity index is 785. The molecule has 0 aromatic heterocycles. The fourth-order valence-electron chi connectivity index (χ4n) is 2.00. The van der Waals surface area contributed by atoms with Crippen LogP contribution in [0.15, 0.2) is 54.6 Å². The maximum absolute atomic E-state index is 12.1. The zero-order chi connectivity index (χ0) is 18.9. The SMILES string of the molecule is COc1cccc(/C=C/C(=O)OCC(=O)c2ccc(OC(F)F)cc2)c1. The van der Waals surface area contributed by atoms with Crippen LogP contribution >= 0.6 is 0 Å². The zero-order valence-electron chi connectivity index (χ0n) is 13.9. The molecule has 5 nitrogen and oxygen atoms in total. The van der Waals surface area contributed by atoms with Gasteiger partial charge in [0.1, 0.15) is 11.5 Å². The number of ketones is 1. The van der Waals surface area contributed by atoms with E-state index in [9.17, 15) is 18.4 Å². The highest BCUT2D eigenvalue weighted by atomic mass is 19.3. The number of esters is 1. The Balaban J connectivity index is 1.86. The van der Waals surface area contributed by atoms with E-state index in [1.54, 1.807) is 24.3 Å². The second-order valence-electron chi connectivity index (χ2n) is 5.04. The van der Waals surface area contributed by atoms with E-state index in [1.165, 1.54) is 43.5 Å². The molecule has 2 aromatic carbocycles. The predicted molar refractivity (Wildman–Crippen MR) is 90.4 cm³/mol. The predicted octanol–water partition coefficient (Wildman–Crippen LogP) is 3.74. The maximum Gasteiger partial charge on any atom is 0.387 e. The third kappa shape index (κ3) is 6.01. The van der Waals surface area contributed by atoms with Crippen molar-refractivity contribution in [3.63, 3.8) is 0 Å². The highest BCUT2D eigenvalue weighted by Gasteiger charge is 2.10. The van der Waals surface area contributed by atoms with Gasteiger partial charge in [0, 0.05) is 11.6 Å². The Hall–Kier alpha value is -3.22. The van der Waals surface area contributed by atoms with E-state index < -0.39 is 25.0 Å². The molecule has 0 aliphatic heterocycles. The van der Waals surface area contributed by atoms with E-state index in [4.69, 9.17) is 9.47 Å². The number of rotatable bonds is 8. The van der Waals surface area contributed by atoms with Crippen LogP contribution in [0.4, 0.5) is 8.78 Å². The van der Waals surface area contributed by atoms with Gasteiger partial charge in [0.05, 0.1) is 7.11 Å². The molecule has 0 radical (unpaired) electrons. The van der Waals surface area contributed by atoms with Crippen LogP contribution in [0.1, 0.15) is 15.9 Å². The number of hydrogen-bond donors (Lipinski definition) is 0. The molecule has 136 valence electrons. The molecule has 0 amide bonds. The van der Waals surface area contributed by atoms with Crippen LogP contribution in [-0.2, 0) is 9.53 Å². The zero-order valence-corrected chi connectivity index (χ0v) is 13.9. The summed E-state index contributed by atoms with van der Waals surface area (Å²) in [6, 6.07) is 12.2. The topological polar surface area (TPSA) is 61.8 Å². The van der Waals surface area contributed by atoms with E-state index in [0.29, 0.717) is 5.75 Å². The Morgan fingerprint density at radius 1 is 1.08 bits per heavy atom. The molecule has 0 heterocycles. The van der Waals surface area contributed by atoms with E-state index in [-0.39, 0.29) is 11.3 Å². The lowest BCUT2D eigenvalue weighted by Crippen LogP contribution is -2.12. The van der Waals surface area contributed by atoms with Crippen LogP contribution in [0.25, 0.3) is 6.08 Å². The van der Waals surface area contributed by atoms with E-state index >= 15 is 0 Å². The molecule has 0 unspecified atom stereocenters. The van der Waals surface area contributed by atoms with Crippen LogP contribution < -0.4 is 9.47 Å². The van der Waals surface area contributed by atoms with Gasteiger partial charge >= 0.3 is 12.6 Å². The lowest BCUT2D eigenvalue weighted by atomic mass is 10.1. The monoisotopic (exact) mass is 362 g/mol. The number of hydrogen-bond acceptors (Lipinski definition) is 5. The van der Waals surface area contributed by atoms with Crippen molar-refractivity contribution in [2.45, 2.75) is 6.61 Å². The van der Waals surface area contributed by atoms with Gasteiger partial charge < -0.3 is 14.2 Å². The molecule has 7 heteroatoms. The molecule has 0 aliphatic carbocycles. The van der Waals surface area contributed by atoms with Crippen molar-refractivity contribution >= 4 is 17.8 Å². The highest BCUT2D eigenvalue weighted by Crippen LogP contribution is 2.16. The number of benzene rings is 2. The first-order chi connectivity index (χ1) is 12.5. The van der Waals surface area contributed by atoms with Crippen LogP contribution in [0.3, 0.4) is 0 Å². The van der Waals surface area contributed by atoms with Gasteiger partial charge in [-0.05, 0) is 48.0 Å². The van der Waals surface area contributed by atoms with Crippen LogP contribution in [0.2, 0.25) is 0 Å². The Labute approximate surface area is 148 Å². The molecule has 0 spiro atoms.